The molecule has 2 aromatic carbocycles. The van der Waals surface area contributed by atoms with Gasteiger partial charge in [0.15, 0.2) is 5.71 Å². The molecule has 0 saturated heterocycles. The zero-order valence-electron chi connectivity index (χ0n) is 28.4. The number of para-hydroxylation sites is 2. The van der Waals surface area contributed by atoms with Crippen molar-refractivity contribution in [3.63, 3.8) is 0 Å². The minimum atomic E-state index is -4.31. The largest absolute Gasteiger partial charge is 1.00 e. The number of hydrogen-bond acceptors (Lipinski definition) is 6. The zero-order valence-corrected chi connectivity index (χ0v) is 33.9. The first-order valence-electron chi connectivity index (χ1n) is 16.0. The predicted molar refractivity (Wildman–Crippen MR) is 188 cm³/mol. The second-order valence-electron chi connectivity index (χ2n) is 13.5. The molecule has 0 amide bonds. The van der Waals surface area contributed by atoms with Crippen molar-refractivity contribution >= 4 is 48.9 Å². The van der Waals surface area contributed by atoms with Crippen molar-refractivity contribution < 1.29 is 81.9 Å². The summed E-state index contributed by atoms with van der Waals surface area (Å²) in [4.78, 5) is 2.14. The van der Waals surface area contributed by atoms with Gasteiger partial charge in [-0.15, -0.1) is 0 Å². The van der Waals surface area contributed by atoms with Gasteiger partial charge in [0.05, 0.1) is 21.3 Å². The molecule has 2 aromatic rings. The summed E-state index contributed by atoms with van der Waals surface area (Å²) < 4.78 is 68.3. The summed E-state index contributed by atoms with van der Waals surface area (Å²) in [7, 11) is -8.37. The first-order valence-corrected chi connectivity index (χ1v) is 19.6. The van der Waals surface area contributed by atoms with Crippen LogP contribution in [0.1, 0.15) is 70.9 Å². The number of allylic oxidation sites excluding steroid dienone is 8. The summed E-state index contributed by atoms with van der Waals surface area (Å²) in [6.07, 6.45) is 11.4. The standard InChI is InChI=1S/C36H43ClN2O6S2.K/c1-35(2)28-14-5-7-16-30(28)38(22-10-24-46(40,41)42)32(35)20-18-26-12-9-13-27(34(26)37)19-21-33-36(3,4)29-15-6-8-17-31(29)39(33)23-11-25-47(43,44)45;/h5-8,14-21H,9-13,22-25H2,1-4H3,(H-,40,41,42,43,44,45);/q;+1. The molecule has 0 unspecified atom stereocenters. The summed E-state index contributed by atoms with van der Waals surface area (Å²) in [5.74, 6) is -0.718. The fourth-order valence-corrected chi connectivity index (χ4v) is 8.43. The van der Waals surface area contributed by atoms with Crippen LogP contribution in [-0.4, -0.2) is 60.8 Å². The molecule has 12 heteroatoms. The summed E-state index contributed by atoms with van der Waals surface area (Å²) in [5.41, 5.74) is 7.76. The minimum absolute atomic E-state index is 0. The predicted octanol–water partition coefficient (Wildman–Crippen LogP) is 4.12. The monoisotopic (exact) mass is 737 g/mol. The molecule has 0 aromatic heterocycles. The molecule has 3 aliphatic rings. The van der Waals surface area contributed by atoms with Gasteiger partial charge in [0, 0.05) is 58.3 Å². The third-order valence-corrected chi connectivity index (χ3v) is 11.6. The Morgan fingerprint density at radius 1 is 0.896 bits per heavy atom. The Hall–Kier alpha value is -1.38. The molecule has 0 atom stereocenters. The number of nitrogens with zero attached hydrogens (tertiary/aromatic N) is 2. The molecular formula is C36H43ClKN2O6S2+. The molecule has 1 aliphatic carbocycles. The van der Waals surface area contributed by atoms with E-state index in [0.717, 1.165) is 64.3 Å². The van der Waals surface area contributed by atoms with Crippen LogP contribution in [0.4, 0.5) is 11.4 Å². The smallest absolute Gasteiger partial charge is 0.748 e. The Balaban J connectivity index is 0.00000520. The van der Waals surface area contributed by atoms with Crippen LogP contribution in [0.3, 0.4) is 0 Å². The fraction of sp³-hybridized carbons (Fsp3) is 0.417. The number of anilines is 1. The number of hydrogen-bond donors (Lipinski definition) is 1. The molecule has 2 heterocycles. The van der Waals surface area contributed by atoms with Gasteiger partial charge in [-0.25, -0.2) is 8.42 Å². The van der Waals surface area contributed by atoms with Crippen LogP contribution in [-0.2, 0) is 31.1 Å². The summed E-state index contributed by atoms with van der Waals surface area (Å²) in [6.45, 7) is 9.46. The maximum atomic E-state index is 11.4. The van der Waals surface area contributed by atoms with Gasteiger partial charge in [0.25, 0.3) is 10.1 Å². The van der Waals surface area contributed by atoms with E-state index in [1.165, 1.54) is 0 Å². The number of halogens is 1. The fourth-order valence-electron chi connectivity index (χ4n) is 7.14. The van der Waals surface area contributed by atoms with Gasteiger partial charge < -0.3 is 9.45 Å². The van der Waals surface area contributed by atoms with E-state index in [4.69, 9.17) is 11.6 Å². The molecule has 252 valence electrons. The third kappa shape index (κ3) is 8.73. The van der Waals surface area contributed by atoms with Gasteiger partial charge in [0.1, 0.15) is 6.54 Å². The molecule has 0 bridgehead atoms. The maximum absolute atomic E-state index is 11.4. The van der Waals surface area contributed by atoms with Gasteiger partial charge in [-0.1, -0.05) is 74.0 Å². The van der Waals surface area contributed by atoms with E-state index in [1.54, 1.807) is 0 Å². The van der Waals surface area contributed by atoms with Crippen LogP contribution in [0, 0.1) is 0 Å². The van der Waals surface area contributed by atoms with E-state index in [-0.39, 0.29) is 80.8 Å². The first-order chi connectivity index (χ1) is 22.0. The van der Waals surface area contributed by atoms with Crippen molar-refractivity contribution in [2.45, 2.75) is 70.6 Å². The Morgan fingerprint density at radius 3 is 2.25 bits per heavy atom. The van der Waals surface area contributed by atoms with Gasteiger partial charge in [-0.05, 0) is 68.4 Å². The average Bonchev–Trinajstić information content (AvgIpc) is 3.33. The van der Waals surface area contributed by atoms with Crippen molar-refractivity contribution in [3.05, 3.63) is 106 Å². The molecule has 5 rings (SSSR count). The molecule has 0 saturated carbocycles. The van der Waals surface area contributed by atoms with Crippen molar-refractivity contribution in [1.82, 2.24) is 0 Å². The van der Waals surface area contributed by atoms with E-state index in [2.05, 4.69) is 73.6 Å². The van der Waals surface area contributed by atoms with Crippen LogP contribution in [0.25, 0.3) is 0 Å². The molecule has 1 N–H and O–H groups in total. The van der Waals surface area contributed by atoms with E-state index in [0.29, 0.717) is 18.1 Å². The molecule has 48 heavy (non-hydrogen) atoms. The van der Waals surface area contributed by atoms with E-state index < -0.39 is 26.0 Å². The van der Waals surface area contributed by atoms with Gasteiger partial charge in [0.2, 0.25) is 5.69 Å². The molecule has 8 nitrogen and oxygen atoms in total. The Labute approximate surface area is 333 Å². The third-order valence-electron chi connectivity index (χ3n) is 9.50. The molecule has 2 aliphatic heterocycles. The average molecular weight is 738 g/mol. The van der Waals surface area contributed by atoms with Crippen molar-refractivity contribution in [2.75, 3.05) is 29.5 Å². The summed E-state index contributed by atoms with van der Waals surface area (Å²) >= 11 is 7.08. The normalized spacial score (nSPS) is 20.5. The van der Waals surface area contributed by atoms with Gasteiger partial charge in [-0.2, -0.15) is 13.0 Å². The molecule has 0 spiro atoms. The van der Waals surface area contributed by atoms with E-state index >= 15 is 0 Å². The van der Waals surface area contributed by atoms with E-state index in [1.807, 2.05) is 36.4 Å². The number of benzene rings is 2. The van der Waals surface area contributed by atoms with Crippen LogP contribution >= 0.6 is 11.6 Å². The minimum Gasteiger partial charge on any atom is -0.748 e. The van der Waals surface area contributed by atoms with Crippen LogP contribution < -0.4 is 56.3 Å². The first kappa shape index (κ1) is 39.4. The number of rotatable bonds is 11. The summed E-state index contributed by atoms with van der Waals surface area (Å²) in [6, 6.07) is 16.2. The topological polar surface area (TPSA) is 118 Å². The zero-order chi connectivity index (χ0) is 34.2. The second kappa shape index (κ2) is 15.5. The maximum Gasteiger partial charge on any atom is 1.00 e. The second-order valence-corrected chi connectivity index (χ2v) is 17.0. The Bertz CT molecular complexity index is 1940. The van der Waals surface area contributed by atoms with Crippen molar-refractivity contribution in [3.8, 4) is 0 Å². The van der Waals surface area contributed by atoms with Crippen LogP contribution in [0.15, 0.2) is 94.7 Å². The van der Waals surface area contributed by atoms with Crippen molar-refractivity contribution in [1.29, 1.82) is 0 Å². The SMILES string of the molecule is CC1(C)C(/C=C/C2=C(Cl)C(=C/C=C3/N(CCCS(=O)(=O)O)c4ccccc4C3(C)C)/CCC2)=[N+](CCCS(=O)(=O)[O-])c2ccccc21.[K+]. The van der Waals surface area contributed by atoms with E-state index in [9.17, 15) is 25.9 Å². The van der Waals surface area contributed by atoms with Crippen LogP contribution in [0.5, 0.6) is 0 Å². The number of fused-ring (bicyclic) bond motifs is 2. The molecule has 0 radical (unpaired) electrons. The summed E-state index contributed by atoms with van der Waals surface area (Å²) in [5, 5.41) is 0.702. The quantitative estimate of drug-likeness (QED) is 0.210. The van der Waals surface area contributed by atoms with Gasteiger partial charge >= 0.3 is 51.4 Å². The Kier molecular flexibility index (Phi) is 12.7. The molecule has 0 fully saturated rings. The molecular weight excluding hydrogens is 695 g/mol. The Morgan fingerprint density at radius 2 is 1.56 bits per heavy atom. The van der Waals surface area contributed by atoms with Gasteiger partial charge in [-0.3, -0.25) is 4.55 Å². The van der Waals surface area contributed by atoms with Crippen molar-refractivity contribution in [2.24, 2.45) is 0 Å². The van der Waals surface area contributed by atoms with Crippen LogP contribution in [0.2, 0.25) is 0 Å².